The number of ether oxygens (including phenoxy) is 1. The van der Waals surface area contributed by atoms with Gasteiger partial charge in [-0.2, -0.15) is 0 Å². The molecule has 10 heavy (non-hydrogen) atoms. The van der Waals surface area contributed by atoms with Crippen LogP contribution < -0.4 is 5.73 Å². The van der Waals surface area contributed by atoms with E-state index in [0.29, 0.717) is 5.76 Å². The third-order valence-corrected chi connectivity index (χ3v) is 1.49. The van der Waals surface area contributed by atoms with Gasteiger partial charge in [0, 0.05) is 0 Å². The summed E-state index contributed by atoms with van der Waals surface area (Å²) >= 11 is 0. The number of methoxy groups -OCH3 is 1. The van der Waals surface area contributed by atoms with Crippen LogP contribution in [0.15, 0.2) is 24.0 Å². The predicted octanol–water partition coefficient (Wildman–Crippen LogP) is -0.225. The molecule has 3 nitrogen and oxygen atoms in total. The summed E-state index contributed by atoms with van der Waals surface area (Å²) in [5.41, 5.74) is 5.49. The molecule has 0 amide bonds. The van der Waals surface area contributed by atoms with Crippen molar-refractivity contribution in [2.24, 2.45) is 5.73 Å². The molecule has 0 aromatic heterocycles. The fraction of sp³-hybridized carbons (Fsp3) is 0.429. The molecule has 56 valence electrons. The molecule has 0 saturated heterocycles. The first-order chi connectivity index (χ1) is 4.75. The van der Waals surface area contributed by atoms with Crippen LogP contribution in [0.5, 0.6) is 0 Å². The second-order valence-corrected chi connectivity index (χ2v) is 2.18. The van der Waals surface area contributed by atoms with E-state index in [2.05, 4.69) is 0 Å². The second kappa shape index (κ2) is 2.86. The fourth-order valence-corrected chi connectivity index (χ4v) is 0.861. The van der Waals surface area contributed by atoms with Crippen LogP contribution in [0.3, 0.4) is 0 Å². The maximum atomic E-state index is 9.27. The molecular weight excluding hydrogens is 130 g/mol. The van der Waals surface area contributed by atoms with Gasteiger partial charge in [-0.3, -0.25) is 0 Å². The molecule has 1 aliphatic carbocycles. The molecule has 0 spiro atoms. The van der Waals surface area contributed by atoms with Crippen molar-refractivity contribution in [3.05, 3.63) is 24.0 Å². The van der Waals surface area contributed by atoms with Crippen LogP contribution >= 0.6 is 0 Å². The summed E-state index contributed by atoms with van der Waals surface area (Å²) < 4.78 is 4.85. The summed E-state index contributed by atoms with van der Waals surface area (Å²) in [5.74, 6) is 0.523. The Morgan fingerprint density at radius 3 is 2.90 bits per heavy atom. The lowest BCUT2D eigenvalue weighted by molar-refractivity contribution is 0.116. The highest BCUT2D eigenvalue weighted by atomic mass is 16.5. The molecule has 3 N–H and O–H groups in total. The predicted molar refractivity (Wildman–Crippen MR) is 38.2 cm³/mol. The first-order valence-corrected chi connectivity index (χ1v) is 3.11. The van der Waals surface area contributed by atoms with Crippen LogP contribution in [0.1, 0.15) is 0 Å². The van der Waals surface area contributed by atoms with E-state index in [9.17, 15) is 5.11 Å². The number of hydrogen-bond donors (Lipinski definition) is 2. The van der Waals surface area contributed by atoms with E-state index in [1.165, 1.54) is 7.11 Å². The molecule has 1 aliphatic rings. The van der Waals surface area contributed by atoms with Crippen molar-refractivity contribution in [3.63, 3.8) is 0 Å². The second-order valence-electron chi connectivity index (χ2n) is 2.18. The number of allylic oxidation sites excluding steroid dienone is 2. The molecular formula is C7H11NO2. The first-order valence-electron chi connectivity index (χ1n) is 3.11. The van der Waals surface area contributed by atoms with E-state index in [1.807, 2.05) is 0 Å². The first kappa shape index (κ1) is 7.31. The van der Waals surface area contributed by atoms with Crippen molar-refractivity contribution in [2.45, 2.75) is 12.1 Å². The highest BCUT2D eigenvalue weighted by Gasteiger charge is 2.19. The summed E-state index contributed by atoms with van der Waals surface area (Å²) in [6, 6.07) is -0.333. The minimum atomic E-state index is -0.685. The molecule has 2 atom stereocenters. The van der Waals surface area contributed by atoms with Gasteiger partial charge in [0.2, 0.25) is 0 Å². The number of aliphatic hydroxyl groups is 1. The maximum absolute atomic E-state index is 9.27. The van der Waals surface area contributed by atoms with Gasteiger partial charge in [-0.25, -0.2) is 0 Å². The van der Waals surface area contributed by atoms with E-state index in [-0.39, 0.29) is 6.04 Å². The number of nitrogens with two attached hydrogens (primary N) is 1. The minimum absolute atomic E-state index is 0.333. The van der Waals surface area contributed by atoms with Gasteiger partial charge in [0.15, 0.2) is 0 Å². The van der Waals surface area contributed by atoms with Crippen LogP contribution in [0, 0.1) is 0 Å². The van der Waals surface area contributed by atoms with E-state index in [1.54, 1.807) is 18.2 Å². The van der Waals surface area contributed by atoms with Gasteiger partial charge in [-0.1, -0.05) is 12.2 Å². The summed E-state index contributed by atoms with van der Waals surface area (Å²) in [6.45, 7) is 0. The summed E-state index contributed by atoms with van der Waals surface area (Å²) in [4.78, 5) is 0. The standard InChI is InChI=1S/C7H11NO2/c1-10-6-4-2-3-5(8)7(6)9/h2-5,7,9H,8H2,1H3. The average Bonchev–Trinajstić information content (AvgIpc) is 1.95. The number of hydrogen-bond acceptors (Lipinski definition) is 3. The van der Waals surface area contributed by atoms with E-state index in [0.717, 1.165) is 0 Å². The van der Waals surface area contributed by atoms with E-state index < -0.39 is 6.10 Å². The lowest BCUT2D eigenvalue weighted by Gasteiger charge is -2.20. The van der Waals surface area contributed by atoms with Crippen LogP contribution in [-0.4, -0.2) is 24.4 Å². The Labute approximate surface area is 59.8 Å². The van der Waals surface area contributed by atoms with Crippen molar-refractivity contribution in [1.29, 1.82) is 0 Å². The average molecular weight is 141 g/mol. The third-order valence-electron chi connectivity index (χ3n) is 1.49. The van der Waals surface area contributed by atoms with Gasteiger partial charge in [0.05, 0.1) is 13.2 Å². The topological polar surface area (TPSA) is 55.5 Å². The Morgan fingerprint density at radius 1 is 1.70 bits per heavy atom. The number of aliphatic hydroxyl groups excluding tert-OH is 1. The molecule has 0 aromatic rings. The highest BCUT2D eigenvalue weighted by molar-refractivity contribution is 5.22. The van der Waals surface area contributed by atoms with Crippen molar-refractivity contribution in [3.8, 4) is 0 Å². The molecule has 1 rings (SSSR count). The van der Waals surface area contributed by atoms with E-state index >= 15 is 0 Å². The number of rotatable bonds is 1. The Morgan fingerprint density at radius 2 is 2.40 bits per heavy atom. The van der Waals surface area contributed by atoms with Crippen LogP contribution in [-0.2, 0) is 4.74 Å². The molecule has 0 bridgehead atoms. The highest BCUT2D eigenvalue weighted by Crippen LogP contribution is 2.11. The van der Waals surface area contributed by atoms with Crippen LogP contribution in [0.25, 0.3) is 0 Å². The Kier molecular flexibility index (Phi) is 2.09. The van der Waals surface area contributed by atoms with Crippen LogP contribution in [0.2, 0.25) is 0 Å². The molecule has 0 saturated carbocycles. The zero-order valence-electron chi connectivity index (χ0n) is 5.82. The quantitative estimate of drug-likeness (QED) is 0.530. The third kappa shape index (κ3) is 1.20. The van der Waals surface area contributed by atoms with Gasteiger partial charge in [-0.05, 0) is 6.08 Å². The molecule has 0 heterocycles. The van der Waals surface area contributed by atoms with Crippen molar-refractivity contribution in [1.82, 2.24) is 0 Å². The molecule has 2 unspecified atom stereocenters. The molecule has 3 heteroatoms. The maximum Gasteiger partial charge on any atom is 0.130 e. The molecule has 0 aliphatic heterocycles. The molecule has 0 aromatic carbocycles. The normalized spacial score (nSPS) is 31.7. The Balaban J connectivity index is 2.71. The van der Waals surface area contributed by atoms with Crippen molar-refractivity contribution in [2.75, 3.05) is 7.11 Å². The minimum Gasteiger partial charge on any atom is -0.498 e. The zero-order valence-corrected chi connectivity index (χ0v) is 5.82. The van der Waals surface area contributed by atoms with Gasteiger partial charge < -0.3 is 15.6 Å². The van der Waals surface area contributed by atoms with Crippen molar-refractivity contribution >= 4 is 0 Å². The fourth-order valence-electron chi connectivity index (χ4n) is 0.861. The lowest BCUT2D eigenvalue weighted by atomic mass is 10.1. The van der Waals surface area contributed by atoms with Gasteiger partial charge in [0.25, 0.3) is 0 Å². The summed E-state index contributed by atoms with van der Waals surface area (Å²) in [5, 5.41) is 9.27. The summed E-state index contributed by atoms with van der Waals surface area (Å²) in [6.07, 6.45) is 4.52. The molecule has 0 radical (unpaired) electrons. The largest absolute Gasteiger partial charge is 0.498 e. The SMILES string of the molecule is COC1=CC=CC(N)C1O. The smallest absolute Gasteiger partial charge is 0.130 e. The van der Waals surface area contributed by atoms with Crippen molar-refractivity contribution < 1.29 is 9.84 Å². The Bertz CT molecular complexity index is 174. The van der Waals surface area contributed by atoms with Gasteiger partial charge in [0.1, 0.15) is 11.9 Å². The zero-order chi connectivity index (χ0) is 7.56. The monoisotopic (exact) mass is 141 g/mol. The van der Waals surface area contributed by atoms with Gasteiger partial charge >= 0.3 is 0 Å². The Hall–Kier alpha value is -0.800. The van der Waals surface area contributed by atoms with E-state index in [4.69, 9.17) is 10.5 Å². The lowest BCUT2D eigenvalue weighted by Crippen LogP contribution is -2.36. The van der Waals surface area contributed by atoms with Crippen LogP contribution in [0.4, 0.5) is 0 Å². The van der Waals surface area contributed by atoms with Gasteiger partial charge in [-0.15, -0.1) is 0 Å². The molecule has 0 fully saturated rings. The summed E-state index contributed by atoms with van der Waals surface area (Å²) in [7, 11) is 1.51.